The molecule has 0 aliphatic carbocycles. The van der Waals surface area contributed by atoms with Crippen molar-refractivity contribution in [2.75, 3.05) is 0 Å². The summed E-state index contributed by atoms with van der Waals surface area (Å²) in [6.07, 6.45) is 0. The molecule has 0 rings (SSSR count). The average molecular weight is 361 g/mol. The van der Waals surface area contributed by atoms with E-state index >= 15 is 0 Å². The fourth-order valence-corrected chi connectivity index (χ4v) is 0. The van der Waals surface area contributed by atoms with Gasteiger partial charge in [-0.1, -0.05) is 0 Å². The Bertz CT molecular complexity index is 13.7. The molecule has 0 bridgehead atoms. The SMILES string of the molecule is [Co].[Co].[Mn].[Ni].[Ni].[O]=[Mn]. The molecule has 0 unspecified atom stereocenters. The van der Waals surface area contributed by atoms with Gasteiger partial charge in [0, 0.05) is 83.6 Å². The van der Waals surface area contributed by atoms with E-state index < -0.39 is 0 Å². The fraction of sp³-hybridized carbons (Fsp3) is 0. The first-order valence-electron chi connectivity index (χ1n) is 0.154. The third-order valence-electron chi connectivity index (χ3n) is 0. The van der Waals surface area contributed by atoms with Gasteiger partial charge in [-0.05, 0) is 0 Å². The summed E-state index contributed by atoms with van der Waals surface area (Å²) in [5.74, 6) is 0. The van der Waals surface area contributed by atoms with Gasteiger partial charge >= 0.3 is 19.8 Å². The van der Waals surface area contributed by atoms with Crippen molar-refractivity contribution in [3.05, 3.63) is 0 Å². The van der Waals surface area contributed by atoms with Gasteiger partial charge in [0.05, 0.1) is 0 Å². The second-order valence-corrected chi connectivity index (χ2v) is 0. The molecule has 7 heteroatoms. The van der Waals surface area contributed by atoms with Crippen molar-refractivity contribution in [3.63, 3.8) is 0 Å². The van der Waals surface area contributed by atoms with Crippen LogP contribution in [0.2, 0.25) is 0 Å². The van der Waals surface area contributed by atoms with E-state index in [2.05, 4.69) is 0 Å². The van der Waals surface area contributed by atoms with Crippen molar-refractivity contribution in [1.82, 2.24) is 0 Å². The summed E-state index contributed by atoms with van der Waals surface area (Å²) in [6, 6.07) is 0. The molecule has 0 fully saturated rings. The molecule has 0 atom stereocenters. The van der Waals surface area contributed by atoms with E-state index in [9.17, 15) is 0 Å². The van der Waals surface area contributed by atoms with E-state index in [1.807, 2.05) is 0 Å². The molecule has 58 valence electrons. The molecule has 0 saturated heterocycles. The van der Waals surface area contributed by atoms with Crippen LogP contribution in [0.25, 0.3) is 0 Å². The molecule has 0 heterocycles. The zero-order chi connectivity index (χ0) is 2.00. The third-order valence-corrected chi connectivity index (χ3v) is 0. The molecule has 0 amide bonds. The molecule has 0 aromatic heterocycles. The Hall–Kier alpha value is 2.84. The number of rotatable bonds is 0. The zero-order valence-corrected chi connectivity index (χ0v) is 8.88. The first-order chi connectivity index (χ1) is 1.00. The first kappa shape index (κ1) is 52.2. The van der Waals surface area contributed by atoms with Crippen molar-refractivity contribution < 1.29 is 103 Å². The Balaban J connectivity index is -0.000000000500. The van der Waals surface area contributed by atoms with Crippen LogP contribution in [-0.4, -0.2) is 0 Å². The molecule has 0 N–H and O–H groups in total. The van der Waals surface area contributed by atoms with Crippen molar-refractivity contribution >= 4 is 0 Å². The Labute approximate surface area is 102 Å². The van der Waals surface area contributed by atoms with E-state index in [1.54, 1.807) is 15.9 Å². The molecule has 3 radical (unpaired) electrons. The topological polar surface area (TPSA) is 17.1 Å². The second kappa shape index (κ2) is 67.4. The minimum absolute atomic E-state index is 0. The summed E-state index contributed by atoms with van der Waals surface area (Å²) in [7, 11) is 0. The van der Waals surface area contributed by atoms with Crippen LogP contribution in [-0.2, 0) is 103 Å². The standard InChI is InChI=1S/2Co.2Mn.2Ni.O. The van der Waals surface area contributed by atoms with E-state index in [0.717, 1.165) is 0 Å². The summed E-state index contributed by atoms with van der Waals surface area (Å²) in [5.41, 5.74) is 0. The quantitative estimate of drug-likeness (QED) is 0.550. The Kier molecular flexibility index (Phi) is 502. The van der Waals surface area contributed by atoms with Crippen molar-refractivity contribution in [3.8, 4) is 0 Å². The van der Waals surface area contributed by atoms with Gasteiger partial charge < -0.3 is 0 Å². The van der Waals surface area contributed by atoms with E-state index in [1.165, 1.54) is 0 Å². The van der Waals surface area contributed by atoms with Crippen LogP contribution in [0.3, 0.4) is 0 Å². The van der Waals surface area contributed by atoms with Crippen LogP contribution in [0.15, 0.2) is 0 Å². The van der Waals surface area contributed by atoms with Crippen molar-refractivity contribution in [1.29, 1.82) is 0 Å². The van der Waals surface area contributed by atoms with Gasteiger partial charge in [0.15, 0.2) is 0 Å². The van der Waals surface area contributed by atoms with Gasteiger partial charge in [0.25, 0.3) is 0 Å². The van der Waals surface area contributed by atoms with Gasteiger partial charge in [-0.3, -0.25) is 0 Å². The average Bonchev–Trinajstić information content (AvgIpc) is 1.00. The van der Waals surface area contributed by atoms with Gasteiger partial charge in [0.2, 0.25) is 0 Å². The third kappa shape index (κ3) is 51.3. The summed E-state index contributed by atoms with van der Waals surface area (Å²) in [5, 5.41) is 0. The Morgan fingerprint density at radius 3 is 0.857 bits per heavy atom. The van der Waals surface area contributed by atoms with E-state index in [0.29, 0.717) is 0 Å². The molecule has 0 aliphatic rings. The minimum atomic E-state index is 0. The van der Waals surface area contributed by atoms with Crippen LogP contribution in [0.1, 0.15) is 0 Å². The van der Waals surface area contributed by atoms with Crippen molar-refractivity contribution in [2.45, 2.75) is 0 Å². The first-order valence-corrected chi connectivity index (χ1v) is 0.636. The fourth-order valence-electron chi connectivity index (χ4n) is 0. The number of hydrogen-bond donors (Lipinski definition) is 0. The van der Waals surface area contributed by atoms with Gasteiger partial charge in [-0.25, -0.2) is 0 Å². The van der Waals surface area contributed by atoms with Gasteiger partial charge in [-0.2, -0.15) is 0 Å². The normalized spacial score (nSPS) is 0.571. The molecule has 0 spiro atoms. The van der Waals surface area contributed by atoms with Crippen LogP contribution in [0.4, 0.5) is 0 Å². The van der Waals surface area contributed by atoms with Gasteiger partial charge in [-0.15, -0.1) is 0 Å². The summed E-state index contributed by atoms with van der Waals surface area (Å²) < 4.78 is 8.06. The van der Waals surface area contributed by atoms with E-state index in [4.69, 9.17) is 3.83 Å². The Morgan fingerprint density at radius 2 is 0.857 bits per heavy atom. The van der Waals surface area contributed by atoms with Crippen LogP contribution >= 0.6 is 0 Å². The molecule has 0 aliphatic heterocycles. The van der Waals surface area contributed by atoms with Crippen LogP contribution in [0, 0.1) is 0 Å². The second-order valence-electron chi connectivity index (χ2n) is 0. The van der Waals surface area contributed by atoms with Crippen molar-refractivity contribution in [2.24, 2.45) is 0 Å². The Morgan fingerprint density at radius 1 is 0.857 bits per heavy atom. The maximum atomic E-state index is 8.06. The van der Waals surface area contributed by atoms with Crippen LogP contribution < -0.4 is 0 Å². The molecular weight excluding hydrogens is 361 g/mol. The zero-order valence-electron chi connectivity index (χ0n) is 2.46. The molecule has 1 nitrogen and oxygen atoms in total. The molecule has 0 saturated carbocycles. The summed E-state index contributed by atoms with van der Waals surface area (Å²) in [6.45, 7) is 0. The van der Waals surface area contributed by atoms with Gasteiger partial charge in [0.1, 0.15) is 0 Å². The number of hydrogen-bond acceptors (Lipinski definition) is 1. The summed E-state index contributed by atoms with van der Waals surface area (Å²) in [4.78, 5) is 0. The van der Waals surface area contributed by atoms with E-state index in [-0.39, 0.29) is 83.6 Å². The summed E-state index contributed by atoms with van der Waals surface area (Å²) >= 11 is 1.69. The predicted molar refractivity (Wildman–Crippen MR) is 0.686 cm³/mol. The predicted octanol–water partition coefficient (Wildman–Crippen LogP) is -0.134. The monoisotopic (exact) mass is 360 g/mol. The molecule has 7 heavy (non-hydrogen) atoms. The molecule has 0 aromatic rings. The van der Waals surface area contributed by atoms with Crippen LogP contribution in [0.5, 0.6) is 0 Å². The molecular formula is Co2Mn2Ni2O. The molecule has 0 aromatic carbocycles. The maximum absolute atomic E-state index is 8.06.